The SMILES string of the molecule is C1CC1.FC1(F)CCCCC1.O=C(CCC(F)(F)F)NCc1cnn2cc(CNC(=O)C3=CCCC(F)=C3)nc2c1. The van der Waals surface area contributed by atoms with Gasteiger partial charge >= 0.3 is 6.18 Å². The average molecular weight is 588 g/mol. The van der Waals surface area contributed by atoms with E-state index in [4.69, 9.17) is 0 Å². The molecule has 41 heavy (non-hydrogen) atoms. The van der Waals surface area contributed by atoms with E-state index < -0.39 is 36.8 Å². The standard InChI is InChI=1S/C19H19F4N5O2.C6H10F2.C3H6/c20-14-3-1-2-13(7-14)18(30)25-10-15-11-28-16(27-15)6-12(9-26-28)8-24-17(29)4-5-19(21,22)23;7-6(8)4-2-1-3-5-6;1-2-3-1/h2,6-7,9,11H,1,3-5,8,10H2,(H,24,29)(H,25,30);1-5H2;1-3H2. The first-order valence-corrected chi connectivity index (χ1v) is 13.8. The molecule has 2 N–H and O–H groups in total. The maximum atomic E-state index is 13.3. The minimum absolute atomic E-state index is 0.0190. The molecule has 226 valence electrons. The molecule has 0 unspecified atom stereocenters. The Balaban J connectivity index is 0.000000347. The van der Waals surface area contributed by atoms with Crippen LogP contribution in [0.1, 0.15) is 88.3 Å². The van der Waals surface area contributed by atoms with Gasteiger partial charge in [-0.25, -0.2) is 22.7 Å². The summed E-state index contributed by atoms with van der Waals surface area (Å²) < 4.78 is 75.6. The number of allylic oxidation sites excluding steroid dienone is 2. The Hall–Kier alpha value is -3.38. The van der Waals surface area contributed by atoms with E-state index in [0.29, 0.717) is 42.6 Å². The lowest BCUT2D eigenvalue weighted by Gasteiger charge is -2.20. The summed E-state index contributed by atoms with van der Waals surface area (Å²) in [7, 11) is 0. The van der Waals surface area contributed by atoms with Crippen molar-refractivity contribution in [2.75, 3.05) is 0 Å². The maximum absolute atomic E-state index is 13.3. The first kappa shape index (κ1) is 32.1. The minimum Gasteiger partial charge on any atom is -0.352 e. The molecule has 0 atom stereocenters. The van der Waals surface area contributed by atoms with Crippen molar-refractivity contribution in [1.29, 1.82) is 0 Å². The smallest absolute Gasteiger partial charge is 0.352 e. The third kappa shape index (κ3) is 12.8. The zero-order chi connectivity index (χ0) is 29.9. The Bertz CT molecular complexity index is 1230. The highest BCUT2D eigenvalue weighted by atomic mass is 19.4. The van der Waals surface area contributed by atoms with Gasteiger partial charge in [0.25, 0.3) is 5.91 Å². The molecule has 2 aromatic heterocycles. The molecular formula is C28H35F6N5O2. The molecular weight excluding hydrogens is 552 g/mol. The molecule has 0 bridgehead atoms. The van der Waals surface area contributed by atoms with Crippen LogP contribution in [-0.2, 0) is 22.7 Å². The van der Waals surface area contributed by atoms with Gasteiger partial charge in [0.15, 0.2) is 5.65 Å². The molecule has 0 spiro atoms. The zero-order valence-electron chi connectivity index (χ0n) is 22.7. The molecule has 0 aromatic carbocycles. The summed E-state index contributed by atoms with van der Waals surface area (Å²) in [6.45, 7) is 0.129. The predicted molar refractivity (Wildman–Crippen MR) is 140 cm³/mol. The molecule has 3 aliphatic rings. The van der Waals surface area contributed by atoms with Crippen LogP contribution in [0, 0.1) is 0 Å². The number of hydrogen-bond donors (Lipinski definition) is 2. The number of imidazole rings is 1. The molecule has 3 aliphatic carbocycles. The zero-order valence-corrected chi connectivity index (χ0v) is 22.7. The summed E-state index contributed by atoms with van der Waals surface area (Å²) in [6.07, 6.45) is 7.67. The third-order valence-corrected chi connectivity index (χ3v) is 6.24. The molecule has 5 rings (SSSR count). The van der Waals surface area contributed by atoms with Gasteiger partial charge in [0, 0.05) is 37.8 Å². The number of aromatic nitrogens is 3. The van der Waals surface area contributed by atoms with E-state index >= 15 is 0 Å². The molecule has 13 heteroatoms. The van der Waals surface area contributed by atoms with E-state index in [0.717, 1.165) is 6.42 Å². The molecule has 2 heterocycles. The van der Waals surface area contributed by atoms with Crippen LogP contribution in [0.15, 0.2) is 42.0 Å². The second-order valence-corrected chi connectivity index (χ2v) is 10.2. The fourth-order valence-corrected chi connectivity index (χ4v) is 3.86. The van der Waals surface area contributed by atoms with Crippen molar-refractivity contribution < 1.29 is 35.9 Å². The third-order valence-electron chi connectivity index (χ3n) is 6.24. The van der Waals surface area contributed by atoms with Gasteiger partial charge in [-0.15, -0.1) is 0 Å². The fourth-order valence-electron chi connectivity index (χ4n) is 3.86. The van der Waals surface area contributed by atoms with Crippen LogP contribution in [0.25, 0.3) is 5.65 Å². The van der Waals surface area contributed by atoms with E-state index in [1.807, 2.05) is 0 Å². The van der Waals surface area contributed by atoms with Crippen molar-refractivity contribution in [3.8, 4) is 0 Å². The maximum Gasteiger partial charge on any atom is 0.389 e. The summed E-state index contributed by atoms with van der Waals surface area (Å²) in [5, 5.41) is 9.20. The summed E-state index contributed by atoms with van der Waals surface area (Å²) in [5.74, 6) is -3.77. The quantitative estimate of drug-likeness (QED) is 0.356. The van der Waals surface area contributed by atoms with Crippen molar-refractivity contribution in [3.05, 3.63) is 53.3 Å². The van der Waals surface area contributed by atoms with Crippen molar-refractivity contribution in [3.63, 3.8) is 0 Å². The average Bonchev–Trinajstić information content (AvgIpc) is 3.75. The van der Waals surface area contributed by atoms with E-state index in [1.54, 1.807) is 18.3 Å². The molecule has 7 nitrogen and oxygen atoms in total. The lowest BCUT2D eigenvalue weighted by atomic mass is 9.97. The van der Waals surface area contributed by atoms with Crippen LogP contribution in [-0.4, -0.2) is 38.5 Å². The molecule has 2 aromatic rings. The molecule has 2 saturated carbocycles. The highest BCUT2D eigenvalue weighted by Gasteiger charge is 2.30. The van der Waals surface area contributed by atoms with Crippen LogP contribution >= 0.6 is 0 Å². The summed E-state index contributed by atoms with van der Waals surface area (Å²) in [4.78, 5) is 27.9. The fraction of sp³-hybridized carbons (Fsp3) is 0.571. The Labute approximate surface area is 234 Å². The Morgan fingerprint density at radius 3 is 2.27 bits per heavy atom. The van der Waals surface area contributed by atoms with Crippen molar-refractivity contribution in [2.24, 2.45) is 0 Å². The summed E-state index contributed by atoms with van der Waals surface area (Å²) in [5.41, 5.74) is 1.80. The highest BCUT2D eigenvalue weighted by Crippen LogP contribution is 2.32. The number of carbonyl (C=O) groups excluding carboxylic acids is 2. The molecule has 0 radical (unpaired) electrons. The number of carbonyl (C=O) groups is 2. The lowest BCUT2D eigenvalue weighted by molar-refractivity contribution is -0.144. The molecule has 2 amide bonds. The van der Waals surface area contributed by atoms with Gasteiger partial charge in [0.05, 0.1) is 31.1 Å². The number of nitrogens with one attached hydrogen (secondary N) is 2. The summed E-state index contributed by atoms with van der Waals surface area (Å²) in [6, 6.07) is 1.63. The van der Waals surface area contributed by atoms with E-state index in [2.05, 4.69) is 20.7 Å². The minimum atomic E-state index is -4.38. The number of alkyl halides is 5. The second kappa shape index (κ2) is 15.0. The highest BCUT2D eigenvalue weighted by molar-refractivity contribution is 5.96. The monoisotopic (exact) mass is 587 g/mol. The number of nitrogens with zero attached hydrogens (tertiary/aromatic N) is 3. The number of amides is 2. The van der Waals surface area contributed by atoms with Gasteiger partial charge in [-0.2, -0.15) is 18.3 Å². The number of rotatable bonds is 7. The Morgan fingerprint density at radius 2 is 1.68 bits per heavy atom. The Kier molecular flexibility index (Phi) is 11.8. The van der Waals surface area contributed by atoms with Gasteiger partial charge in [0.1, 0.15) is 5.83 Å². The lowest BCUT2D eigenvalue weighted by Crippen LogP contribution is -2.24. The first-order chi connectivity index (χ1) is 19.4. The van der Waals surface area contributed by atoms with Crippen LogP contribution < -0.4 is 10.6 Å². The van der Waals surface area contributed by atoms with Crippen LogP contribution in [0.3, 0.4) is 0 Å². The number of fused-ring (bicyclic) bond motifs is 1. The molecule has 0 saturated heterocycles. The van der Waals surface area contributed by atoms with Gasteiger partial charge in [-0.1, -0.05) is 31.8 Å². The molecule has 0 aliphatic heterocycles. The largest absolute Gasteiger partial charge is 0.389 e. The van der Waals surface area contributed by atoms with Gasteiger partial charge in [-0.3, -0.25) is 9.59 Å². The number of hydrogen-bond acceptors (Lipinski definition) is 4. The molecule has 2 fully saturated rings. The normalized spacial score (nSPS) is 17.6. The van der Waals surface area contributed by atoms with Crippen LogP contribution in [0.2, 0.25) is 0 Å². The van der Waals surface area contributed by atoms with Crippen LogP contribution in [0.5, 0.6) is 0 Å². The Morgan fingerprint density at radius 1 is 1.00 bits per heavy atom. The van der Waals surface area contributed by atoms with Crippen molar-refractivity contribution >= 4 is 17.5 Å². The first-order valence-electron chi connectivity index (χ1n) is 13.8. The van der Waals surface area contributed by atoms with Gasteiger partial charge in [0.2, 0.25) is 11.8 Å². The summed E-state index contributed by atoms with van der Waals surface area (Å²) >= 11 is 0. The van der Waals surface area contributed by atoms with Gasteiger partial charge < -0.3 is 10.6 Å². The van der Waals surface area contributed by atoms with E-state index in [9.17, 15) is 35.9 Å². The topological polar surface area (TPSA) is 88.4 Å². The van der Waals surface area contributed by atoms with Crippen molar-refractivity contribution in [2.45, 2.75) is 102 Å². The van der Waals surface area contributed by atoms with Crippen molar-refractivity contribution in [1.82, 2.24) is 25.2 Å². The second-order valence-electron chi connectivity index (χ2n) is 10.2. The number of halogens is 6. The predicted octanol–water partition coefficient (Wildman–Crippen LogP) is 6.63. The van der Waals surface area contributed by atoms with Gasteiger partial charge in [-0.05, 0) is 37.0 Å². The van der Waals surface area contributed by atoms with Crippen LogP contribution in [0.4, 0.5) is 26.3 Å². The van der Waals surface area contributed by atoms with E-state index in [1.165, 1.54) is 36.1 Å². The van der Waals surface area contributed by atoms with E-state index in [-0.39, 0.29) is 37.3 Å².